The van der Waals surface area contributed by atoms with Gasteiger partial charge in [0, 0.05) is 28.9 Å². The SMILES string of the molecule is Cc1cc(CNC2CCN3CCC2C3)sc1C. The van der Waals surface area contributed by atoms with Crippen molar-refractivity contribution in [2.24, 2.45) is 5.92 Å². The van der Waals surface area contributed by atoms with E-state index in [2.05, 4.69) is 30.1 Å². The Bertz CT molecular complexity index is 379. The number of hydrogen-bond donors (Lipinski definition) is 1. The molecule has 1 aromatic rings. The number of fused-ring (bicyclic) bond motifs is 2. The highest BCUT2D eigenvalue weighted by atomic mass is 32.1. The summed E-state index contributed by atoms with van der Waals surface area (Å²) in [5.41, 5.74) is 1.45. The van der Waals surface area contributed by atoms with Crippen molar-refractivity contribution < 1.29 is 0 Å². The minimum absolute atomic E-state index is 0.761. The first-order chi connectivity index (χ1) is 8.22. The van der Waals surface area contributed by atoms with Crippen molar-refractivity contribution in [3.63, 3.8) is 0 Å². The number of thiophene rings is 1. The van der Waals surface area contributed by atoms with E-state index in [1.54, 1.807) is 0 Å². The normalized spacial score (nSPS) is 32.0. The largest absolute Gasteiger partial charge is 0.309 e. The molecule has 0 amide bonds. The van der Waals surface area contributed by atoms with Gasteiger partial charge in [-0.15, -0.1) is 11.3 Å². The molecule has 3 atom stereocenters. The van der Waals surface area contributed by atoms with Crippen molar-refractivity contribution in [2.75, 3.05) is 19.6 Å². The summed E-state index contributed by atoms with van der Waals surface area (Å²) in [7, 11) is 0. The molecule has 2 aliphatic rings. The molecule has 2 fully saturated rings. The lowest BCUT2D eigenvalue weighted by molar-refractivity contribution is 0.220. The van der Waals surface area contributed by atoms with Crippen molar-refractivity contribution in [3.8, 4) is 0 Å². The Morgan fingerprint density at radius 2 is 2.18 bits per heavy atom. The molecule has 3 rings (SSSR count). The smallest absolute Gasteiger partial charge is 0.0302 e. The van der Waals surface area contributed by atoms with E-state index in [-0.39, 0.29) is 0 Å². The number of rotatable bonds is 3. The van der Waals surface area contributed by atoms with Crippen LogP contribution in [0.3, 0.4) is 0 Å². The Kier molecular flexibility index (Phi) is 3.24. The summed E-state index contributed by atoms with van der Waals surface area (Å²) in [5.74, 6) is 0.908. The highest BCUT2D eigenvalue weighted by molar-refractivity contribution is 7.12. The van der Waals surface area contributed by atoms with Crippen LogP contribution in [0.15, 0.2) is 6.07 Å². The zero-order valence-corrected chi connectivity index (χ0v) is 11.6. The van der Waals surface area contributed by atoms with Crippen LogP contribution in [0.25, 0.3) is 0 Å². The molecule has 0 spiro atoms. The van der Waals surface area contributed by atoms with Gasteiger partial charge in [0.15, 0.2) is 0 Å². The molecule has 2 nitrogen and oxygen atoms in total. The monoisotopic (exact) mass is 250 g/mol. The summed E-state index contributed by atoms with van der Waals surface area (Å²) in [6.07, 6.45) is 2.74. The van der Waals surface area contributed by atoms with Crippen molar-refractivity contribution in [1.82, 2.24) is 10.2 Å². The second kappa shape index (κ2) is 4.71. The van der Waals surface area contributed by atoms with Gasteiger partial charge in [0.25, 0.3) is 0 Å². The molecule has 17 heavy (non-hydrogen) atoms. The molecule has 0 aromatic carbocycles. The van der Waals surface area contributed by atoms with Crippen LogP contribution in [0.4, 0.5) is 0 Å². The van der Waals surface area contributed by atoms with Gasteiger partial charge in [0.2, 0.25) is 0 Å². The van der Waals surface area contributed by atoms with E-state index in [1.807, 2.05) is 11.3 Å². The Hall–Kier alpha value is -0.380. The molecule has 2 saturated heterocycles. The number of aryl methyl sites for hydroxylation is 2. The standard InChI is InChI=1S/C14H22N2S/c1-10-7-13(17-11(10)2)8-15-14-4-6-16-5-3-12(14)9-16/h7,12,14-15H,3-6,8-9H2,1-2H3. The third-order valence-corrected chi connectivity index (χ3v) is 5.54. The minimum Gasteiger partial charge on any atom is -0.309 e. The summed E-state index contributed by atoms with van der Waals surface area (Å²) < 4.78 is 0. The first-order valence-corrected chi connectivity index (χ1v) is 7.55. The zero-order valence-electron chi connectivity index (χ0n) is 10.8. The van der Waals surface area contributed by atoms with E-state index in [0.29, 0.717) is 0 Å². The first kappa shape index (κ1) is 11.7. The van der Waals surface area contributed by atoms with Crippen LogP contribution in [0, 0.1) is 19.8 Å². The van der Waals surface area contributed by atoms with Gasteiger partial charge in [-0.1, -0.05) is 0 Å². The van der Waals surface area contributed by atoms with E-state index < -0.39 is 0 Å². The van der Waals surface area contributed by atoms with Gasteiger partial charge in [-0.05, 0) is 57.3 Å². The fourth-order valence-electron chi connectivity index (χ4n) is 3.19. The maximum absolute atomic E-state index is 3.79. The quantitative estimate of drug-likeness (QED) is 0.887. The van der Waals surface area contributed by atoms with E-state index in [4.69, 9.17) is 0 Å². The summed E-state index contributed by atoms with van der Waals surface area (Å²) >= 11 is 1.95. The van der Waals surface area contributed by atoms with Gasteiger partial charge in [0.05, 0.1) is 0 Å². The topological polar surface area (TPSA) is 15.3 Å². The molecule has 0 radical (unpaired) electrons. The molecule has 1 N–H and O–H groups in total. The van der Waals surface area contributed by atoms with Crippen LogP contribution in [-0.4, -0.2) is 30.6 Å². The van der Waals surface area contributed by atoms with Crippen molar-refractivity contribution in [3.05, 3.63) is 21.4 Å². The maximum Gasteiger partial charge on any atom is 0.0302 e. The number of nitrogens with one attached hydrogen (secondary N) is 1. The van der Waals surface area contributed by atoms with Gasteiger partial charge in [-0.3, -0.25) is 0 Å². The van der Waals surface area contributed by atoms with Crippen LogP contribution in [0.2, 0.25) is 0 Å². The lowest BCUT2D eigenvalue weighted by Gasteiger charge is -2.31. The van der Waals surface area contributed by atoms with Crippen LogP contribution in [0.5, 0.6) is 0 Å². The second-order valence-corrected chi connectivity index (χ2v) is 6.92. The minimum atomic E-state index is 0.761. The summed E-state index contributed by atoms with van der Waals surface area (Å²) in [4.78, 5) is 5.58. The fraction of sp³-hybridized carbons (Fsp3) is 0.714. The third-order valence-electron chi connectivity index (χ3n) is 4.39. The molecule has 3 heteroatoms. The number of piperidine rings is 1. The fourth-order valence-corrected chi connectivity index (χ4v) is 4.19. The average molecular weight is 250 g/mol. The molecule has 1 aromatic heterocycles. The Morgan fingerprint density at radius 3 is 2.94 bits per heavy atom. The van der Waals surface area contributed by atoms with Gasteiger partial charge >= 0.3 is 0 Å². The van der Waals surface area contributed by atoms with Crippen molar-refractivity contribution in [1.29, 1.82) is 0 Å². The highest BCUT2D eigenvalue weighted by Gasteiger charge is 2.33. The molecule has 94 valence electrons. The summed E-state index contributed by atoms with van der Waals surface area (Å²) in [6.45, 7) is 9.47. The average Bonchev–Trinajstić information content (AvgIpc) is 2.84. The van der Waals surface area contributed by atoms with E-state index in [9.17, 15) is 0 Å². The lowest BCUT2D eigenvalue weighted by atomic mass is 9.94. The van der Waals surface area contributed by atoms with Crippen LogP contribution >= 0.6 is 11.3 Å². The van der Waals surface area contributed by atoms with Crippen molar-refractivity contribution in [2.45, 2.75) is 39.3 Å². The van der Waals surface area contributed by atoms with E-state index in [1.165, 1.54) is 47.8 Å². The van der Waals surface area contributed by atoms with Crippen molar-refractivity contribution >= 4 is 11.3 Å². The Morgan fingerprint density at radius 1 is 1.35 bits per heavy atom. The Labute approximate surface area is 108 Å². The highest BCUT2D eigenvalue weighted by Crippen LogP contribution is 2.28. The molecule has 2 aliphatic heterocycles. The molecular formula is C14H22N2S. The van der Waals surface area contributed by atoms with E-state index >= 15 is 0 Å². The van der Waals surface area contributed by atoms with Crippen LogP contribution < -0.4 is 5.32 Å². The van der Waals surface area contributed by atoms with E-state index in [0.717, 1.165) is 18.5 Å². The predicted octanol–water partition coefficient (Wildman–Crippen LogP) is 2.55. The van der Waals surface area contributed by atoms with Gasteiger partial charge < -0.3 is 10.2 Å². The third kappa shape index (κ3) is 2.42. The molecular weight excluding hydrogens is 228 g/mol. The first-order valence-electron chi connectivity index (χ1n) is 6.74. The molecule has 2 bridgehead atoms. The summed E-state index contributed by atoms with van der Waals surface area (Å²) in [5, 5.41) is 3.79. The lowest BCUT2D eigenvalue weighted by Crippen LogP contribution is -2.43. The second-order valence-electron chi connectivity index (χ2n) is 5.58. The zero-order chi connectivity index (χ0) is 11.8. The maximum atomic E-state index is 3.79. The van der Waals surface area contributed by atoms with Gasteiger partial charge in [-0.2, -0.15) is 0 Å². The molecule has 0 saturated carbocycles. The summed E-state index contributed by atoms with van der Waals surface area (Å²) in [6, 6.07) is 3.10. The van der Waals surface area contributed by atoms with Gasteiger partial charge in [-0.25, -0.2) is 0 Å². The molecule has 0 aliphatic carbocycles. The number of hydrogen-bond acceptors (Lipinski definition) is 3. The number of nitrogens with zero attached hydrogens (tertiary/aromatic N) is 1. The van der Waals surface area contributed by atoms with Crippen LogP contribution in [0.1, 0.15) is 28.2 Å². The molecule has 3 unspecified atom stereocenters. The predicted molar refractivity (Wildman–Crippen MR) is 73.6 cm³/mol. The van der Waals surface area contributed by atoms with Gasteiger partial charge in [0.1, 0.15) is 0 Å². The molecule has 3 heterocycles. The Balaban J connectivity index is 1.57. The van der Waals surface area contributed by atoms with Crippen LogP contribution in [-0.2, 0) is 6.54 Å².